The first-order valence-corrected chi connectivity index (χ1v) is 20.1. The number of unbranched alkanes of at least 4 members (excludes halogenated alkanes) is 1. The van der Waals surface area contributed by atoms with Crippen molar-refractivity contribution in [1.29, 1.82) is 0 Å². The minimum absolute atomic E-state index is 0.0167. The number of amides is 5. The molecule has 15 heteroatoms. The van der Waals surface area contributed by atoms with Crippen LogP contribution in [0.5, 0.6) is 5.75 Å². The maximum atomic E-state index is 13.9. The minimum Gasteiger partial charge on any atom is -0.494 e. The second-order valence-electron chi connectivity index (χ2n) is 14.8. The summed E-state index contributed by atoms with van der Waals surface area (Å²) >= 11 is 0. The summed E-state index contributed by atoms with van der Waals surface area (Å²) in [5.74, 6) is -3.11. The van der Waals surface area contributed by atoms with E-state index in [2.05, 4.69) is 46.4 Å². The molecule has 0 heterocycles. The van der Waals surface area contributed by atoms with E-state index in [1.165, 1.54) is 6.92 Å². The van der Waals surface area contributed by atoms with Crippen molar-refractivity contribution in [2.45, 2.75) is 109 Å². The molecule has 0 saturated carbocycles. The molecular formula is C44H61N7O8. The molecule has 0 radical (unpaired) electrons. The van der Waals surface area contributed by atoms with Gasteiger partial charge in [-0.1, -0.05) is 66.6 Å². The van der Waals surface area contributed by atoms with Gasteiger partial charge in [-0.3, -0.25) is 24.0 Å². The summed E-state index contributed by atoms with van der Waals surface area (Å²) in [5, 5.41) is 19.6. The molecule has 0 aliphatic carbocycles. The van der Waals surface area contributed by atoms with Crippen molar-refractivity contribution >= 4 is 35.8 Å². The Kier molecular flexibility index (Phi) is 19.7. The van der Waals surface area contributed by atoms with Crippen molar-refractivity contribution in [3.05, 3.63) is 88.5 Å². The summed E-state index contributed by atoms with van der Waals surface area (Å²) in [4.78, 5) is 76.6. The number of nitrogens with one attached hydrogen (secondary N) is 4. The van der Waals surface area contributed by atoms with Gasteiger partial charge in [-0.05, 0) is 106 Å². The number of benzene rings is 3. The second kappa shape index (κ2) is 24.3. The van der Waals surface area contributed by atoms with E-state index in [0.717, 1.165) is 58.4 Å². The lowest BCUT2D eigenvalue weighted by Gasteiger charge is -2.24. The zero-order chi connectivity index (χ0) is 43.5. The van der Waals surface area contributed by atoms with Gasteiger partial charge in [0.15, 0.2) is 0 Å². The summed E-state index contributed by atoms with van der Waals surface area (Å²) in [7, 11) is 0. The molecular weight excluding hydrogens is 755 g/mol. The summed E-state index contributed by atoms with van der Waals surface area (Å²) in [5.41, 5.74) is 24.0. The van der Waals surface area contributed by atoms with Gasteiger partial charge >= 0.3 is 0 Å². The van der Waals surface area contributed by atoms with Crippen LogP contribution in [0.4, 0.5) is 0 Å². The lowest BCUT2D eigenvalue weighted by Crippen LogP contribution is -2.57. The molecule has 0 aliphatic rings. The maximum absolute atomic E-state index is 13.9. The standard InChI is InChI=1S/C44H61N7O8/c1-5-32-25-34(59-20-7-6-18-45)15-16-35(32)33-13-11-30(12-14-33)24-38(43(57)50-36(41(47)55)10-8-9-31-22-27(2)21-28(3)23-31)51-42(56)37(17-19-52)49-39(54)26-48-44(58)40(46)29(4)53/h11-16,19,21-23,25,29,36-38,40,53H,5-10,17-18,20,24,26,45-46H2,1-4H3,(H2,47,55)(H,48,58)(H,49,54)(H,50,57)(H,51,56)/t29?,36?,37?,38-,40?/m0/s1. The molecule has 3 rings (SSSR count). The fourth-order valence-corrected chi connectivity index (χ4v) is 6.57. The number of hydrogen-bond donors (Lipinski definition) is 8. The molecule has 320 valence electrons. The van der Waals surface area contributed by atoms with Crippen molar-refractivity contribution in [1.82, 2.24) is 21.3 Å². The highest BCUT2D eigenvalue weighted by Gasteiger charge is 2.30. The van der Waals surface area contributed by atoms with E-state index < -0.39 is 72.8 Å². The number of carbonyl (C=O) groups excluding carboxylic acids is 6. The Morgan fingerprint density at radius 3 is 2.08 bits per heavy atom. The highest BCUT2D eigenvalue weighted by molar-refractivity contribution is 5.95. The average Bonchev–Trinajstić information content (AvgIpc) is 3.20. The zero-order valence-electron chi connectivity index (χ0n) is 34.6. The molecule has 0 saturated heterocycles. The van der Waals surface area contributed by atoms with Crippen LogP contribution in [0, 0.1) is 13.8 Å². The van der Waals surface area contributed by atoms with Gasteiger partial charge < -0.3 is 53.1 Å². The Morgan fingerprint density at radius 1 is 0.814 bits per heavy atom. The number of aliphatic hydroxyl groups excluding tert-OH is 1. The van der Waals surface area contributed by atoms with Crippen molar-refractivity contribution in [2.24, 2.45) is 17.2 Å². The molecule has 0 aliphatic heterocycles. The first-order valence-electron chi connectivity index (χ1n) is 20.1. The number of rotatable bonds is 25. The summed E-state index contributed by atoms with van der Waals surface area (Å²) in [6.07, 6.45) is 2.75. The lowest BCUT2D eigenvalue weighted by atomic mass is 9.95. The van der Waals surface area contributed by atoms with Crippen LogP contribution < -0.4 is 43.2 Å². The first-order chi connectivity index (χ1) is 28.1. The second-order valence-corrected chi connectivity index (χ2v) is 14.8. The van der Waals surface area contributed by atoms with Gasteiger partial charge in [0.05, 0.1) is 19.3 Å². The third-order valence-corrected chi connectivity index (χ3v) is 9.79. The fourth-order valence-electron chi connectivity index (χ4n) is 6.57. The van der Waals surface area contributed by atoms with Gasteiger partial charge in [-0.15, -0.1) is 0 Å². The fraction of sp³-hybridized carbons (Fsp3) is 0.455. The Morgan fingerprint density at radius 2 is 1.47 bits per heavy atom. The molecule has 11 N–H and O–H groups in total. The van der Waals surface area contributed by atoms with Gasteiger partial charge in [0.2, 0.25) is 29.5 Å². The highest BCUT2D eigenvalue weighted by Crippen LogP contribution is 2.29. The van der Waals surface area contributed by atoms with E-state index in [9.17, 15) is 33.9 Å². The first kappa shape index (κ1) is 47.7. The van der Waals surface area contributed by atoms with Crippen LogP contribution in [-0.4, -0.2) is 90.9 Å². The van der Waals surface area contributed by atoms with Crippen molar-refractivity contribution in [3.63, 3.8) is 0 Å². The number of hydrogen-bond acceptors (Lipinski definition) is 10. The number of carbonyl (C=O) groups is 6. The van der Waals surface area contributed by atoms with Gasteiger partial charge in [-0.25, -0.2) is 0 Å². The van der Waals surface area contributed by atoms with Gasteiger partial charge in [0.1, 0.15) is 36.2 Å². The Bertz CT molecular complexity index is 1860. The van der Waals surface area contributed by atoms with E-state index in [0.29, 0.717) is 37.8 Å². The number of aryl methyl sites for hydroxylation is 4. The number of primary amides is 1. The summed E-state index contributed by atoms with van der Waals surface area (Å²) < 4.78 is 5.91. The monoisotopic (exact) mass is 815 g/mol. The maximum Gasteiger partial charge on any atom is 0.243 e. The molecule has 0 aromatic heterocycles. The molecule has 15 nitrogen and oxygen atoms in total. The van der Waals surface area contributed by atoms with E-state index in [-0.39, 0.29) is 12.8 Å². The smallest absolute Gasteiger partial charge is 0.243 e. The van der Waals surface area contributed by atoms with E-state index in [4.69, 9.17) is 21.9 Å². The number of aliphatic hydroxyl groups is 1. The van der Waals surface area contributed by atoms with Crippen LogP contribution in [0.1, 0.15) is 73.8 Å². The van der Waals surface area contributed by atoms with Gasteiger partial charge in [0.25, 0.3) is 0 Å². The summed E-state index contributed by atoms with van der Waals surface area (Å²) in [6.45, 7) is 7.99. The third kappa shape index (κ3) is 15.9. The van der Waals surface area contributed by atoms with Crippen molar-refractivity contribution in [3.8, 4) is 16.9 Å². The quantitative estimate of drug-likeness (QED) is 0.0452. The molecule has 3 aromatic carbocycles. The topological polar surface area (TPSA) is 258 Å². The SMILES string of the molecule is CCc1cc(OCCCCN)ccc1-c1ccc(C[C@H](NC(=O)C(CC=O)NC(=O)CNC(=O)C(N)C(C)O)C(=O)NC(CCCc2cc(C)cc(C)c2)C(N)=O)cc1. The van der Waals surface area contributed by atoms with Crippen LogP contribution in [0.2, 0.25) is 0 Å². The Balaban J connectivity index is 1.82. The Labute approximate surface area is 346 Å². The third-order valence-electron chi connectivity index (χ3n) is 9.79. The van der Waals surface area contributed by atoms with Gasteiger partial charge in [0, 0.05) is 12.8 Å². The van der Waals surface area contributed by atoms with Crippen LogP contribution in [0.15, 0.2) is 60.7 Å². The number of ether oxygens (including phenoxy) is 1. The van der Waals surface area contributed by atoms with Crippen LogP contribution >= 0.6 is 0 Å². The predicted octanol–water partition coefficient (Wildman–Crippen LogP) is 1.57. The van der Waals surface area contributed by atoms with Crippen LogP contribution in [-0.2, 0) is 48.0 Å². The average molecular weight is 816 g/mol. The van der Waals surface area contributed by atoms with E-state index >= 15 is 0 Å². The predicted molar refractivity (Wildman–Crippen MR) is 226 cm³/mol. The van der Waals surface area contributed by atoms with E-state index in [1.54, 1.807) is 0 Å². The largest absolute Gasteiger partial charge is 0.494 e. The number of nitrogens with two attached hydrogens (primary N) is 3. The Hall–Kier alpha value is -5.64. The molecule has 3 aromatic rings. The van der Waals surface area contributed by atoms with Crippen LogP contribution in [0.25, 0.3) is 11.1 Å². The molecule has 5 amide bonds. The molecule has 0 spiro atoms. The molecule has 0 bridgehead atoms. The highest BCUT2D eigenvalue weighted by atomic mass is 16.5. The number of aldehydes is 1. The van der Waals surface area contributed by atoms with Crippen molar-refractivity contribution in [2.75, 3.05) is 19.7 Å². The molecule has 4 unspecified atom stereocenters. The van der Waals surface area contributed by atoms with Crippen molar-refractivity contribution < 1.29 is 38.6 Å². The molecule has 59 heavy (non-hydrogen) atoms. The molecule has 0 fully saturated rings. The summed E-state index contributed by atoms with van der Waals surface area (Å²) in [6, 6.07) is 14.6. The molecule has 5 atom stereocenters. The van der Waals surface area contributed by atoms with E-state index in [1.807, 2.05) is 56.3 Å². The van der Waals surface area contributed by atoms with Crippen LogP contribution in [0.3, 0.4) is 0 Å². The minimum atomic E-state index is -1.41. The normalized spacial score (nSPS) is 13.5. The zero-order valence-corrected chi connectivity index (χ0v) is 34.6. The van der Waals surface area contributed by atoms with Gasteiger partial charge in [-0.2, -0.15) is 0 Å². The lowest BCUT2D eigenvalue weighted by molar-refractivity contribution is -0.134.